The van der Waals surface area contributed by atoms with E-state index in [1.807, 2.05) is 29.2 Å². The third-order valence-electron chi connectivity index (χ3n) is 6.13. The molecule has 0 spiro atoms. The van der Waals surface area contributed by atoms with Crippen LogP contribution in [0.15, 0.2) is 36.4 Å². The lowest BCUT2D eigenvalue weighted by molar-refractivity contribution is -0.131. The van der Waals surface area contributed by atoms with Crippen molar-refractivity contribution < 1.29 is 19.1 Å². The number of carbonyl (C=O) groups is 2. The molecule has 0 saturated carbocycles. The van der Waals surface area contributed by atoms with Gasteiger partial charge in [0.15, 0.2) is 0 Å². The van der Waals surface area contributed by atoms with E-state index in [1.165, 1.54) is 12.1 Å². The first-order valence-electron chi connectivity index (χ1n) is 10.6. The number of aliphatic hydroxyl groups excluding tert-OH is 1. The van der Waals surface area contributed by atoms with Crippen LogP contribution >= 0.6 is 0 Å². The first-order valence-corrected chi connectivity index (χ1v) is 10.6. The van der Waals surface area contributed by atoms with Gasteiger partial charge in [0.05, 0.1) is 36.6 Å². The van der Waals surface area contributed by atoms with E-state index in [1.54, 1.807) is 18.0 Å². The Morgan fingerprint density at radius 3 is 2.91 bits per heavy atom. The zero-order valence-corrected chi connectivity index (χ0v) is 17.8. The molecule has 2 aliphatic heterocycles. The SMILES string of the molecule is CN(C(=O)Cc1ccc2c(c1)NC(=O)C2)[C@H](CN1CCC(O)C1)c1cc(F)cc(C#N)c1. The smallest absolute Gasteiger partial charge is 0.228 e. The molecular formula is C24H25FN4O3. The summed E-state index contributed by atoms with van der Waals surface area (Å²) in [6, 6.07) is 11.1. The van der Waals surface area contributed by atoms with Gasteiger partial charge in [-0.1, -0.05) is 12.1 Å². The number of likely N-dealkylation sites (N-methyl/N-ethyl adjacent to an activating group) is 1. The fraction of sp³-hybridized carbons (Fsp3) is 0.375. The summed E-state index contributed by atoms with van der Waals surface area (Å²) in [6.45, 7) is 1.60. The Hall–Kier alpha value is -3.28. The number of amides is 2. The molecule has 1 unspecified atom stereocenters. The highest BCUT2D eigenvalue weighted by Crippen LogP contribution is 2.27. The van der Waals surface area contributed by atoms with Crippen molar-refractivity contribution in [1.29, 1.82) is 5.26 Å². The van der Waals surface area contributed by atoms with Gasteiger partial charge in [-0.05, 0) is 47.4 Å². The molecule has 0 aromatic heterocycles. The van der Waals surface area contributed by atoms with Gasteiger partial charge in [0, 0.05) is 32.4 Å². The van der Waals surface area contributed by atoms with Crippen LogP contribution in [0.4, 0.5) is 10.1 Å². The maximum atomic E-state index is 14.2. The highest BCUT2D eigenvalue weighted by Gasteiger charge is 2.29. The molecule has 2 N–H and O–H groups in total. The number of benzene rings is 2. The van der Waals surface area contributed by atoms with Crippen molar-refractivity contribution in [2.75, 3.05) is 32.0 Å². The number of likely N-dealkylation sites (tertiary alicyclic amines) is 1. The number of β-amino-alcohol motifs (C(OH)–C–C–N with tert-alkyl or cyclic N) is 1. The predicted octanol–water partition coefficient (Wildman–Crippen LogP) is 2.00. The topological polar surface area (TPSA) is 96.7 Å². The molecule has 2 atom stereocenters. The van der Waals surface area contributed by atoms with Gasteiger partial charge in [-0.25, -0.2) is 4.39 Å². The number of aliphatic hydroxyl groups is 1. The van der Waals surface area contributed by atoms with Crippen molar-refractivity contribution in [3.63, 3.8) is 0 Å². The highest BCUT2D eigenvalue weighted by molar-refractivity contribution is 5.99. The van der Waals surface area contributed by atoms with Crippen molar-refractivity contribution in [1.82, 2.24) is 9.80 Å². The number of rotatable bonds is 6. The van der Waals surface area contributed by atoms with Crippen LogP contribution in [0.25, 0.3) is 0 Å². The van der Waals surface area contributed by atoms with E-state index in [9.17, 15) is 24.3 Å². The standard InChI is InChI=1S/C24H25FN4O3/c1-28(24(32)9-15-2-3-17-11-23(31)27-21(17)8-15)22(14-29-5-4-20(30)13-29)18-6-16(12-26)7-19(25)10-18/h2-3,6-8,10,20,22,30H,4-5,9,11,13-14H2,1H3,(H,27,31)/t20?,22-/m1/s1. The Labute approximate surface area is 186 Å². The molecule has 2 aromatic rings. The predicted molar refractivity (Wildman–Crippen MR) is 116 cm³/mol. The maximum Gasteiger partial charge on any atom is 0.228 e. The van der Waals surface area contributed by atoms with Crippen LogP contribution in [-0.2, 0) is 22.4 Å². The van der Waals surface area contributed by atoms with E-state index < -0.39 is 18.0 Å². The number of nitrogens with one attached hydrogen (secondary N) is 1. The third kappa shape index (κ3) is 4.79. The summed E-state index contributed by atoms with van der Waals surface area (Å²) in [6.07, 6.45) is 0.700. The van der Waals surface area contributed by atoms with Crippen molar-refractivity contribution in [2.45, 2.75) is 31.4 Å². The van der Waals surface area contributed by atoms with Crippen molar-refractivity contribution in [2.24, 2.45) is 0 Å². The van der Waals surface area contributed by atoms with Crippen molar-refractivity contribution >= 4 is 17.5 Å². The minimum atomic E-state index is -0.527. The third-order valence-corrected chi connectivity index (χ3v) is 6.13. The van der Waals surface area contributed by atoms with Gasteiger partial charge in [0.2, 0.25) is 11.8 Å². The number of fused-ring (bicyclic) bond motifs is 1. The Balaban J connectivity index is 1.56. The van der Waals surface area contributed by atoms with Crippen LogP contribution in [0.2, 0.25) is 0 Å². The first-order chi connectivity index (χ1) is 15.3. The molecular weight excluding hydrogens is 411 g/mol. The van der Waals surface area contributed by atoms with Crippen molar-refractivity contribution in [3.8, 4) is 6.07 Å². The number of halogens is 1. The van der Waals surface area contributed by atoms with Gasteiger partial charge in [-0.15, -0.1) is 0 Å². The van der Waals surface area contributed by atoms with Crippen LogP contribution in [0, 0.1) is 17.1 Å². The summed E-state index contributed by atoms with van der Waals surface area (Å²) in [7, 11) is 1.67. The van der Waals surface area contributed by atoms with E-state index in [0.717, 1.165) is 16.8 Å². The lowest BCUT2D eigenvalue weighted by Crippen LogP contribution is -2.39. The van der Waals surface area contributed by atoms with Crippen LogP contribution in [0.1, 0.15) is 34.7 Å². The van der Waals surface area contributed by atoms with Gasteiger partial charge in [-0.2, -0.15) is 5.26 Å². The zero-order chi connectivity index (χ0) is 22.8. The second-order valence-corrected chi connectivity index (χ2v) is 8.50. The molecule has 166 valence electrons. The average molecular weight is 436 g/mol. The Morgan fingerprint density at radius 2 is 2.19 bits per heavy atom. The normalized spacial score (nSPS) is 18.7. The summed E-state index contributed by atoms with van der Waals surface area (Å²) >= 11 is 0. The van der Waals surface area contributed by atoms with Crippen LogP contribution in [-0.4, -0.2) is 59.5 Å². The molecule has 4 rings (SSSR count). The number of nitriles is 1. The van der Waals surface area contributed by atoms with E-state index in [4.69, 9.17) is 0 Å². The van der Waals surface area contributed by atoms with Crippen molar-refractivity contribution in [3.05, 3.63) is 64.5 Å². The van der Waals surface area contributed by atoms with Crippen LogP contribution < -0.4 is 5.32 Å². The fourth-order valence-electron chi connectivity index (χ4n) is 4.39. The summed E-state index contributed by atoms with van der Waals surface area (Å²) in [5.41, 5.74) is 3.15. The van der Waals surface area contributed by atoms with E-state index in [0.29, 0.717) is 38.0 Å². The van der Waals surface area contributed by atoms with E-state index in [2.05, 4.69) is 5.32 Å². The lowest BCUT2D eigenvalue weighted by atomic mass is 10.0. The molecule has 7 nitrogen and oxygen atoms in total. The summed E-state index contributed by atoms with van der Waals surface area (Å²) < 4.78 is 14.2. The summed E-state index contributed by atoms with van der Waals surface area (Å²) in [4.78, 5) is 28.4. The van der Waals surface area contributed by atoms with Gasteiger partial charge in [-0.3, -0.25) is 14.5 Å². The maximum absolute atomic E-state index is 14.2. The van der Waals surface area contributed by atoms with E-state index in [-0.39, 0.29) is 23.8 Å². The van der Waals surface area contributed by atoms with Gasteiger partial charge in [0.25, 0.3) is 0 Å². The second-order valence-electron chi connectivity index (χ2n) is 8.50. The molecule has 0 aliphatic carbocycles. The number of anilines is 1. The first kappa shape index (κ1) is 21.9. The number of nitrogens with zero attached hydrogens (tertiary/aromatic N) is 3. The molecule has 8 heteroatoms. The van der Waals surface area contributed by atoms with E-state index >= 15 is 0 Å². The Bertz CT molecular complexity index is 1100. The quantitative estimate of drug-likeness (QED) is 0.722. The monoisotopic (exact) mass is 436 g/mol. The van der Waals surface area contributed by atoms with Gasteiger partial charge >= 0.3 is 0 Å². The Kier molecular flexibility index (Phi) is 6.21. The molecule has 0 radical (unpaired) electrons. The largest absolute Gasteiger partial charge is 0.392 e. The number of hydrogen-bond donors (Lipinski definition) is 2. The molecule has 2 amide bonds. The lowest BCUT2D eigenvalue weighted by Gasteiger charge is -2.32. The second kappa shape index (κ2) is 9.07. The number of carbonyl (C=O) groups excluding carboxylic acids is 2. The summed E-state index contributed by atoms with van der Waals surface area (Å²) in [5, 5.41) is 21.9. The molecule has 0 bridgehead atoms. The molecule has 2 heterocycles. The Morgan fingerprint density at radius 1 is 1.38 bits per heavy atom. The van der Waals surface area contributed by atoms with Gasteiger partial charge in [0.1, 0.15) is 5.82 Å². The molecule has 32 heavy (non-hydrogen) atoms. The van der Waals surface area contributed by atoms with Gasteiger partial charge < -0.3 is 15.3 Å². The average Bonchev–Trinajstić information content (AvgIpc) is 3.34. The molecule has 1 fully saturated rings. The zero-order valence-electron chi connectivity index (χ0n) is 17.8. The summed E-state index contributed by atoms with van der Waals surface area (Å²) in [5.74, 6) is -0.754. The fourth-order valence-corrected chi connectivity index (χ4v) is 4.39. The van der Waals surface area contributed by atoms with Crippen LogP contribution in [0.5, 0.6) is 0 Å². The highest BCUT2D eigenvalue weighted by atomic mass is 19.1. The molecule has 1 saturated heterocycles. The minimum Gasteiger partial charge on any atom is -0.392 e. The molecule has 2 aromatic carbocycles. The van der Waals surface area contributed by atoms with Crippen LogP contribution in [0.3, 0.4) is 0 Å². The number of hydrogen-bond acceptors (Lipinski definition) is 5. The molecule has 2 aliphatic rings. The minimum absolute atomic E-state index is 0.0622.